The third-order valence-electron chi connectivity index (χ3n) is 10.2. The standard InChI is InChI=1S/C39H30F9N3O6S/c1-17-28(35(4,5)6)18(2)30(58(56,57)50-23-11-7-20(8-12-23)37(40,41)42)19(3)29(17)51-33(54)25-14-10-22(16-27(25)34(51)55)36(38(43,44)45,39(46,47)48)21-9-13-24-26(15-21)32(53)49-31(24)52/h7-16,50H,1-6H3,(H,49,52,53). The van der Waals surface area contributed by atoms with Gasteiger partial charge in [0.05, 0.1) is 38.4 Å². The van der Waals surface area contributed by atoms with Crippen molar-refractivity contribution in [3.63, 3.8) is 0 Å². The molecule has 9 nitrogen and oxygen atoms in total. The first-order valence-corrected chi connectivity index (χ1v) is 18.5. The van der Waals surface area contributed by atoms with Crippen LogP contribution in [-0.4, -0.2) is 44.4 Å². The Morgan fingerprint density at radius 2 is 1.05 bits per heavy atom. The molecule has 0 aliphatic carbocycles. The monoisotopic (exact) mass is 839 g/mol. The van der Waals surface area contributed by atoms with Crippen molar-refractivity contribution >= 4 is 45.0 Å². The minimum atomic E-state index is -6.20. The second kappa shape index (κ2) is 13.2. The first kappa shape index (κ1) is 41.9. The lowest BCUT2D eigenvalue weighted by Gasteiger charge is -2.38. The van der Waals surface area contributed by atoms with Crippen LogP contribution in [0.15, 0.2) is 65.6 Å². The van der Waals surface area contributed by atoms with E-state index in [9.17, 15) is 40.8 Å². The van der Waals surface area contributed by atoms with Gasteiger partial charge in [0.2, 0.25) is 5.41 Å². The Morgan fingerprint density at radius 3 is 1.55 bits per heavy atom. The summed E-state index contributed by atoms with van der Waals surface area (Å²) in [6.07, 6.45) is -17.1. The topological polar surface area (TPSA) is 130 Å². The van der Waals surface area contributed by atoms with Crippen LogP contribution in [0, 0.1) is 20.8 Å². The number of anilines is 2. The number of benzene rings is 4. The summed E-state index contributed by atoms with van der Waals surface area (Å²) in [6, 6.07) is 5.56. The summed E-state index contributed by atoms with van der Waals surface area (Å²) in [5, 5.41) is 1.79. The zero-order valence-corrected chi connectivity index (χ0v) is 31.8. The second-order valence-corrected chi connectivity index (χ2v) is 16.5. The van der Waals surface area contributed by atoms with E-state index in [0.717, 1.165) is 12.1 Å². The number of imide groups is 2. The van der Waals surface area contributed by atoms with Crippen LogP contribution in [0.1, 0.15) is 101 Å². The van der Waals surface area contributed by atoms with E-state index in [2.05, 4.69) is 4.72 Å². The Labute approximate surface area is 324 Å². The summed E-state index contributed by atoms with van der Waals surface area (Å²) in [5.41, 5.74) is -13.0. The number of carbonyl (C=O) groups excluding carboxylic acids is 4. The Balaban J connectivity index is 1.54. The molecule has 306 valence electrons. The zero-order chi connectivity index (χ0) is 43.5. The number of amides is 4. The fraction of sp³-hybridized carbons (Fsp3) is 0.282. The minimum Gasteiger partial charge on any atom is -0.288 e. The normalized spacial score (nSPS) is 15.2. The van der Waals surface area contributed by atoms with E-state index in [1.54, 1.807) is 26.1 Å². The van der Waals surface area contributed by atoms with E-state index in [1.165, 1.54) is 20.8 Å². The quantitative estimate of drug-likeness (QED) is 0.148. The van der Waals surface area contributed by atoms with Crippen molar-refractivity contribution in [3.8, 4) is 0 Å². The first-order valence-electron chi connectivity index (χ1n) is 17.0. The number of nitrogens with zero attached hydrogens (tertiary/aromatic N) is 1. The van der Waals surface area contributed by atoms with Gasteiger partial charge < -0.3 is 0 Å². The van der Waals surface area contributed by atoms with Crippen LogP contribution in [-0.2, 0) is 27.0 Å². The predicted molar refractivity (Wildman–Crippen MR) is 190 cm³/mol. The molecule has 0 atom stereocenters. The number of alkyl halides is 9. The molecule has 0 spiro atoms. The van der Waals surface area contributed by atoms with Crippen molar-refractivity contribution in [2.75, 3.05) is 9.62 Å². The second-order valence-electron chi connectivity index (χ2n) is 14.9. The summed E-state index contributed by atoms with van der Waals surface area (Å²) in [4.78, 5) is 52.7. The summed E-state index contributed by atoms with van der Waals surface area (Å²) in [7, 11) is -4.76. The fourth-order valence-electron chi connectivity index (χ4n) is 8.04. The average Bonchev–Trinajstić information content (AvgIpc) is 3.48. The van der Waals surface area contributed by atoms with E-state index in [-0.39, 0.29) is 45.8 Å². The Hall–Kier alpha value is -5.72. The molecule has 19 heteroatoms. The summed E-state index contributed by atoms with van der Waals surface area (Å²) >= 11 is 0. The maximum absolute atomic E-state index is 15.2. The number of rotatable bonds is 6. The van der Waals surface area contributed by atoms with E-state index >= 15 is 26.3 Å². The van der Waals surface area contributed by atoms with Gasteiger partial charge >= 0.3 is 18.5 Å². The number of fused-ring (bicyclic) bond motifs is 2. The maximum Gasteiger partial charge on any atom is 0.416 e. The van der Waals surface area contributed by atoms with Gasteiger partial charge in [-0.05, 0) is 108 Å². The van der Waals surface area contributed by atoms with Crippen molar-refractivity contribution in [1.29, 1.82) is 0 Å². The number of hydrogen-bond acceptors (Lipinski definition) is 6. The van der Waals surface area contributed by atoms with Crippen molar-refractivity contribution < 1.29 is 67.1 Å². The van der Waals surface area contributed by atoms with Gasteiger partial charge in [0.25, 0.3) is 33.7 Å². The van der Waals surface area contributed by atoms with Crippen molar-refractivity contribution in [1.82, 2.24) is 5.32 Å². The third kappa shape index (κ3) is 6.29. The van der Waals surface area contributed by atoms with Crippen LogP contribution in [0.25, 0.3) is 0 Å². The zero-order valence-electron chi connectivity index (χ0n) is 31.0. The largest absolute Gasteiger partial charge is 0.416 e. The highest BCUT2D eigenvalue weighted by atomic mass is 32.2. The highest BCUT2D eigenvalue weighted by Crippen LogP contribution is 2.57. The van der Waals surface area contributed by atoms with Crippen LogP contribution >= 0.6 is 0 Å². The van der Waals surface area contributed by atoms with Crippen LogP contribution < -0.4 is 14.9 Å². The van der Waals surface area contributed by atoms with Gasteiger partial charge in [0.15, 0.2) is 0 Å². The van der Waals surface area contributed by atoms with Crippen LogP contribution in [0.2, 0.25) is 0 Å². The molecule has 6 rings (SSSR count). The van der Waals surface area contributed by atoms with E-state index in [4.69, 9.17) is 0 Å². The lowest BCUT2D eigenvalue weighted by Crippen LogP contribution is -2.55. The molecule has 2 heterocycles. The Morgan fingerprint density at radius 1 is 0.586 bits per heavy atom. The third-order valence-corrected chi connectivity index (χ3v) is 11.8. The first-order chi connectivity index (χ1) is 26.5. The molecule has 0 bridgehead atoms. The molecule has 4 amide bonds. The average molecular weight is 840 g/mol. The van der Waals surface area contributed by atoms with Crippen molar-refractivity contribution in [2.24, 2.45) is 0 Å². The number of hydrogen-bond donors (Lipinski definition) is 2. The molecule has 0 radical (unpaired) electrons. The summed E-state index contributed by atoms with van der Waals surface area (Å²) in [5.74, 6) is -4.88. The number of sulfonamides is 1. The van der Waals surface area contributed by atoms with Crippen LogP contribution in [0.3, 0.4) is 0 Å². The van der Waals surface area contributed by atoms with E-state index < -0.39 is 107 Å². The Bertz CT molecular complexity index is 2580. The fourth-order valence-corrected chi connectivity index (χ4v) is 9.59. The maximum atomic E-state index is 15.2. The molecule has 2 aliphatic rings. The molecule has 0 fully saturated rings. The SMILES string of the molecule is Cc1c(N2C(=O)c3ccc(C(c4ccc5c(c4)C(=O)NC5=O)(C(F)(F)F)C(F)(F)F)cc3C2=O)c(C)c(S(=O)(=O)Nc2ccc(C(F)(F)F)cc2)c(C)c1C(C)(C)C. The minimum absolute atomic E-state index is 0.120. The van der Waals surface area contributed by atoms with Gasteiger partial charge in [-0.3, -0.25) is 29.2 Å². The lowest BCUT2D eigenvalue weighted by atomic mass is 9.71. The summed E-state index contributed by atoms with van der Waals surface area (Å²) in [6.45, 7) is 9.09. The molecule has 4 aromatic rings. The highest BCUT2D eigenvalue weighted by molar-refractivity contribution is 7.92. The summed E-state index contributed by atoms with van der Waals surface area (Å²) < 4.78 is 161. The molecule has 2 aliphatic heterocycles. The van der Waals surface area contributed by atoms with Gasteiger partial charge in [-0.15, -0.1) is 0 Å². The van der Waals surface area contributed by atoms with Gasteiger partial charge in [-0.1, -0.05) is 32.9 Å². The van der Waals surface area contributed by atoms with Crippen molar-refractivity contribution in [3.05, 3.63) is 122 Å². The molecule has 58 heavy (non-hydrogen) atoms. The van der Waals surface area contributed by atoms with E-state index in [0.29, 0.717) is 41.3 Å². The predicted octanol–water partition coefficient (Wildman–Crippen LogP) is 8.82. The molecule has 2 N–H and O–H groups in total. The van der Waals surface area contributed by atoms with Crippen LogP contribution in [0.4, 0.5) is 50.9 Å². The van der Waals surface area contributed by atoms with Gasteiger partial charge in [-0.2, -0.15) is 39.5 Å². The van der Waals surface area contributed by atoms with Gasteiger partial charge in [-0.25, -0.2) is 13.3 Å². The molecule has 0 saturated carbocycles. The lowest BCUT2D eigenvalue weighted by molar-refractivity contribution is -0.288. The molecular formula is C39H30F9N3O6S. The van der Waals surface area contributed by atoms with E-state index in [1.807, 2.05) is 0 Å². The highest BCUT2D eigenvalue weighted by Gasteiger charge is 2.73. The van der Waals surface area contributed by atoms with Crippen LogP contribution in [0.5, 0.6) is 0 Å². The molecular weight excluding hydrogens is 809 g/mol. The number of carbonyl (C=O) groups is 4. The molecule has 4 aromatic carbocycles. The molecule has 0 saturated heterocycles. The molecule has 0 unspecified atom stereocenters. The number of halogens is 9. The van der Waals surface area contributed by atoms with Gasteiger partial charge in [0.1, 0.15) is 0 Å². The smallest absolute Gasteiger partial charge is 0.288 e. The number of nitrogens with one attached hydrogen (secondary N) is 2. The van der Waals surface area contributed by atoms with Gasteiger partial charge in [0, 0.05) is 5.69 Å². The Kier molecular flexibility index (Phi) is 9.50. The van der Waals surface area contributed by atoms with Crippen molar-refractivity contribution in [2.45, 2.75) is 75.8 Å². The molecule has 0 aromatic heterocycles.